The maximum atomic E-state index is 13.2. The molecule has 2 aromatic carbocycles. The second kappa shape index (κ2) is 7.22. The van der Waals surface area contributed by atoms with Gasteiger partial charge in [0.1, 0.15) is 18.6 Å². The number of pyridine rings is 1. The van der Waals surface area contributed by atoms with E-state index in [0.717, 1.165) is 32.9 Å². The van der Waals surface area contributed by atoms with Crippen LogP contribution < -0.4 is 17.0 Å². The SMILES string of the molecule is COC(=O)c1cc2c3ccccc3[nH]c2c2c[n+](Cc3ccc(F)cc3)cn12.[Cl-]. The van der Waals surface area contributed by atoms with Gasteiger partial charge in [0, 0.05) is 22.4 Å². The van der Waals surface area contributed by atoms with Crippen LogP contribution in [0.4, 0.5) is 4.39 Å². The number of methoxy groups -OCH3 is 1. The molecule has 146 valence electrons. The minimum Gasteiger partial charge on any atom is -1.00 e. The van der Waals surface area contributed by atoms with Crippen LogP contribution in [-0.4, -0.2) is 22.5 Å². The highest BCUT2D eigenvalue weighted by Crippen LogP contribution is 2.29. The zero-order valence-corrected chi connectivity index (χ0v) is 16.3. The standard InChI is InChI=1S/C22H16FN3O2.ClH/c1-28-22(27)19-10-17-16-4-2-3-5-18(16)24-21(17)20-12-25(13-26(19)20)11-14-6-8-15(23)9-7-14;/h2-10,12-13H,11H2,1H3;1H. The molecule has 0 atom stereocenters. The summed E-state index contributed by atoms with van der Waals surface area (Å²) in [7, 11) is 1.38. The zero-order chi connectivity index (χ0) is 19.3. The number of esters is 1. The Labute approximate surface area is 171 Å². The Bertz CT molecular complexity index is 1360. The van der Waals surface area contributed by atoms with Gasteiger partial charge in [-0.05, 0) is 23.8 Å². The van der Waals surface area contributed by atoms with E-state index in [1.54, 1.807) is 12.1 Å². The van der Waals surface area contributed by atoms with E-state index >= 15 is 0 Å². The van der Waals surface area contributed by atoms with Crippen LogP contribution in [0.5, 0.6) is 0 Å². The number of H-pyrrole nitrogens is 1. The summed E-state index contributed by atoms with van der Waals surface area (Å²) in [5.74, 6) is -0.662. The summed E-state index contributed by atoms with van der Waals surface area (Å²) in [5.41, 5.74) is 4.25. The number of imidazole rings is 1. The maximum Gasteiger partial charge on any atom is 0.378 e. The van der Waals surface area contributed by atoms with E-state index in [1.165, 1.54) is 19.2 Å². The molecule has 5 rings (SSSR count). The van der Waals surface area contributed by atoms with Gasteiger partial charge in [0.15, 0.2) is 5.52 Å². The molecule has 29 heavy (non-hydrogen) atoms. The highest BCUT2D eigenvalue weighted by Gasteiger charge is 2.23. The molecule has 3 aromatic heterocycles. The highest BCUT2D eigenvalue weighted by atomic mass is 35.5. The molecule has 0 saturated heterocycles. The molecular weight excluding hydrogens is 393 g/mol. The molecule has 3 heterocycles. The number of hydrogen-bond donors (Lipinski definition) is 1. The molecule has 0 aliphatic carbocycles. The largest absolute Gasteiger partial charge is 1.00 e. The number of fused-ring (bicyclic) bond motifs is 5. The van der Waals surface area contributed by atoms with Gasteiger partial charge in [-0.3, -0.25) is 0 Å². The Kier molecular flexibility index (Phi) is 4.72. The van der Waals surface area contributed by atoms with E-state index in [9.17, 15) is 9.18 Å². The number of nitrogens with one attached hydrogen (secondary N) is 1. The van der Waals surface area contributed by atoms with Gasteiger partial charge in [-0.2, -0.15) is 4.40 Å². The molecule has 1 N–H and O–H groups in total. The number of aromatic amines is 1. The first-order chi connectivity index (χ1) is 13.6. The topological polar surface area (TPSA) is 50.4 Å². The first kappa shape index (κ1) is 19.0. The van der Waals surface area contributed by atoms with Gasteiger partial charge < -0.3 is 22.1 Å². The number of para-hydroxylation sites is 1. The Morgan fingerprint density at radius 2 is 1.90 bits per heavy atom. The van der Waals surface area contributed by atoms with Crippen molar-refractivity contribution in [1.82, 2.24) is 9.38 Å². The smallest absolute Gasteiger partial charge is 0.378 e. The van der Waals surface area contributed by atoms with Crippen LogP contribution in [0, 0.1) is 5.82 Å². The zero-order valence-electron chi connectivity index (χ0n) is 15.5. The van der Waals surface area contributed by atoms with Crippen molar-refractivity contribution >= 4 is 33.3 Å². The summed E-state index contributed by atoms with van der Waals surface area (Å²) in [6, 6.07) is 16.3. The third-order valence-corrected chi connectivity index (χ3v) is 5.03. The molecule has 0 spiro atoms. The minimum absolute atomic E-state index is 0. The van der Waals surface area contributed by atoms with Gasteiger partial charge in [0.25, 0.3) is 0 Å². The number of aromatic nitrogens is 3. The van der Waals surface area contributed by atoms with Gasteiger partial charge in [0.05, 0.1) is 12.6 Å². The number of nitrogens with zero attached hydrogens (tertiary/aromatic N) is 2. The Balaban J connectivity index is 0.00000205. The summed E-state index contributed by atoms with van der Waals surface area (Å²) >= 11 is 0. The second-order valence-corrected chi connectivity index (χ2v) is 6.78. The molecule has 0 aliphatic rings. The summed E-state index contributed by atoms with van der Waals surface area (Å²) in [6.45, 7) is 0.560. The molecule has 0 unspecified atom stereocenters. The van der Waals surface area contributed by atoms with Gasteiger partial charge >= 0.3 is 5.97 Å². The van der Waals surface area contributed by atoms with Gasteiger partial charge in [0.2, 0.25) is 12.0 Å². The number of carbonyl (C=O) groups is 1. The van der Waals surface area contributed by atoms with E-state index in [0.29, 0.717) is 12.2 Å². The fourth-order valence-electron chi connectivity index (χ4n) is 3.71. The first-order valence-corrected chi connectivity index (χ1v) is 8.91. The Morgan fingerprint density at radius 1 is 1.14 bits per heavy atom. The first-order valence-electron chi connectivity index (χ1n) is 8.91. The average molecular weight is 410 g/mol. The molecule has 0 radical (unpaired) electrons. The van der Waals surface area contributed by atoms with Crippen molar-refractivity contribution in [3.05, 3.63) is 84.2 Å². The lowest BCUT2D eigenvalue weighted by Gasteiger charge is -1.99. The van der Waals surface area contributed by atoms with Crippen molar-refractivity contribution in [2.24, 2.45) is 0 Å². The molecule has 0 saturated carbocycles. The fourth-order valence-corrected chi connectivity index (χ4v) is 3.71. The highest BCUT2D eigenvalue weighted by molar-refractivity contribution is 6.13. The van der Waals surface area contributed by atoms with Crippen LogP contribution in [0.15, 0.2) is 67.1 Å². The second-order valence-electron chi connectivity index (χ2n) is 6.78. The number of hydrogen-bond acceptors (Lipinski definition) is 2. The van der Waals surface area contributed by atoms with E-state index in [1.807, 2.05) is 51.8 Å². The molecule has 5 aromatic rings. The summed E-state index contributed by atoms with van der Waals surface area (Å²) < 4.78 is 22.0. The molecule has 0 fully saturated rings. The van der Waals surface area contributed by atoms with Crippen LogP contribution in [-0.2, 0) is 11.3 Å². The van der Waals surface area contributed by atoms with Crippen LogP contribution in [0.3, 0.4) is 0 Å². The van der Waals surface area contributed by atoms with Crippen LogP contribution >= 0.6 is 0 Å². The third kappa shape index (κ3) is 3.11. The Morgan fingerprint density at radius 3 is 2.66 bits per heavy atom. The summed E-state index contributed by atoms with van der Waals surface area (Å²) in [6.07, 6.45) is 3.84. The molecule has 7 heteroatoms. The summed E-state index contributed by atoms with van der Waals surface area (Å²) in [5, 5.41) is 2.02. The maximum absolute atomic E-state index is 13.2. The lowest BCUT2D eigenvalue weighted by Crippen LogP contribution is -3.00. The van der Waals surface area contributed by atoms with Crippen LogP contribution in [0.1, 0.15) is 16.1 Å². The molecule has 0 amide bonds. The third-order valence-electron chi connectivity index (χ3n) is 5.03. The number of halogens is 2. The van der Waals surface area contributed by atoms with Crippen molar-refractivity contribution in [3.8, 4) is 0 Å². The van der Waals surface area contributed by atoms with Crippen molar-refractivity contribution in [1.29, 1.82) is 0 Å². The van der Waals surface area contributed by atoms with Crippen LogP contribution in [0.25, 0.3) is 27.3 Å². The van der Waals surface area contributed by atoms with E-state index < -0.39 is 5.97 Å². The number of rotatable bonds is 3. The monoisotopic (exact) mass is 409 g/mol. The van der Waals surface area contributed by atoms with E-state index in [4.69, 9.17) is 4.74 Å². The van der Waals surface area contributed by atoms with Crippen molar-refractivity contribution < 1.29 is 30.9 Å². The van der Waals surface area contributed by atoms with Crippen molar-refractivity contribution in [2.45, 2.75) is 6.54 Å². The molecule has 0 aliphatic heterocycles. The fraction of sp³-hybridized carbons (Fsp3) is 0.0909. The summed E-state index contributed by atoms with van der Waals surface area (Å²) in [4.78, 5) is 15.9. The van der Waals surface area contributed by atoms with E-state index in [-0.39, 0.29) is 18.2 Å². The van der Waals surface area contributed by atoms with Crippen LogP contribution in [0.2, 0.25) is 0 Å². The lowest BCUT2D eigenvalue weighted by molar-refractivity contribution is -0.686. The number of ether oxygens (including phenoxy) is 1. The molecule has 5 nitrogen and oxygen atoms in total. The normalized spacial score (nSPS) is 11.1. The lowest BCUT2D eigenvalue weighted by atomic mass is 10.1. The van der Waals surface area contributed by atoms with Crippen molar-refractivity contribution in [2.75, 3.05) is 7.11 Å². The van der Waals surface area contributed by atoms with E-state index in [2.05, 4.69) is 4.98 Å². The van der Waals surface area contributed by atoms with Crippen molar-refractivity contribution in [3.63, 3.8) is 0 Å². The number of benzene rings is 2. The predicted molar refractivity (Wildman–Crippen MR) is 104 cm³/mol. The van der Waals surface area contributed by atoms with Gasteiger partial charge in [-0.25, -0.2) is 13.8 Å². The quantitative estimate of drug-likeness (QED) is 0.354. The number of carbonyl (C=O) groups excluding carboxylic acids is 1. The average Bonchev–Trinajstić information content (AvgIpc) is 3.29. The molecule has 0 bridgehead atoms. The predicted octanol–water partition coefficient (Wildman–Crippen LogP) is 0.839. The molecular formula is C22H17ClFN3O2. The minimum atomic E-state index is -0.401. The van der Waals surface area contributed by atoms with Gasteiger partial charge in [-0.1, -0.05) is 30.3 Å². The Hall–Kier alpha value is -3.38. The van der Waals surface area contributed by atoms with Gasteiger partial charge in [-0.15, -0.1) is 0 Å².